The Hall–Kier alpha value is -0.0800. The summed E-state index contributed by atoms with van der Waals surface area (Å²) in [5.74, 6) is 0. The molecule has 2 nitrogen and oxygen atoms in total. The third kappa shape index (κ3) is 8.88. The molecule has 0 rings (SSSR count). The van der Waals surface area contributed by atoms with E-state index in [4.69, 9.17) is 0 Å². The summed E-state index contributed by atoms with van der Waals surface area (Å²) >= 11 is 0. The molecular weight excluding hydrogens is 184 g/mol. The summed E-state index contributed by atoms with van der Waals surface area (Å²) in [6.07, 6.45) is 6.47. The van der Waals surface area contributed by atoms with Crippen LogP contribution in [0.3, 0.4) is 0 Å². The number of hydrogen-bond acceptors (Lipinski definition) is 2. The molecule has 92 valence electrons. The first kappa shape index (κ1) is 14.9. The zero-order chi connectivity index (χ0) is 11.7. The molecule has 0 fully saturated rings. The second-order valence-electron chi connectivity index (χ2n) is 4.93. The van der Waals surface area contributed by atoms with E-state index >= 15 is 0 Å². The Morgan fingerprint density at radius 3 is 1.93 bits per heavy atom. The zero-order valence-corrected chi connectivity index (χ0v) is 11.3. The Morgan fingerprint density at radius 1 is 1.00 bits per heavy atom. The topological polar surface area (TPSA) is 15.3 Å². The molecule has 0 aliphatic heterocycles. The van der Waals surface area contributed by atoms with E-state index in [2.05, 4.69) is 45.1 Å². The highest BCUT2D eigenvalue weighted by Gasteiger charge is 2.10. The van der Waals surface area contributed by atoms with Crippen LogP contribution in [-0.4, -0.2) is 37.6 Å². The third-order valence-electron chi connectivity index (χ3n) is 2.80. The van der Waals surface area contributed by atoms with Gasteiger partial charge in [0.2, 0.25) is 0 Å². The van der Waals surface area contributed by atoms with E-state index in [1.807, 2.05) is 0 Å². The first-order chi connectivity index (χ1) is 7.10. The molecule has 1 atom stereocenters. The van der Waals surface area contributed by atoms with Crippen LogP contribution in [0, 0.1) is 0 Å². The second-order valence-corrected chi connectivity index (χ2v) is 4.93. The van der Waals surface area contributed by atoms with Gasteiger partial charge in [0.05, 0.1) is 0 Å². The van der Waals surface area contributed by atoms with Crippen molar-refractivity contribution in [3.8, 4) is 0 Å². The van der Waals surface area contributed by atoms with Crippen molar-refractivity contribution in [3.05, 3.63) is 0 Å². The summed E-state index contributed by atoms with van der Waals surface area (Å²) < 4.78 is 0. The van der Waals surface area contributed by atoms with Crippen LogP contribution >= 0.6 is 0 Å². The summed E-state index contributed by atoms with van der Waals surface area (Å²) in [4.78, 5) is 2.26. The summed E-state index contributed by atoms with van der Waals surface area (Å²) in [7, 11) is 4.28. The highest BCUT2D eigenvalue weighted by Crippen LogP contribution is 2.06. The van der Waals surface area contributed by atoms with Crippen molar-refractivity contribution in [2.24, 2.45) is 0 Å². The molecule has 0 amide bonds. The van der Waals surface area contributed by atoms with E-state index in [9.17, 15) is 0 Å². The lowest BCUT2D eigenvalue weighted by Gasteiger charge is -2.23. The van der Waals surface area contributed by atoms with Crippen LogP contribution in [0.1, 0.15) is 52.9 Å². The van der Waals surface area contributed by atoms with Crippen molar-refractivity contribution in [1.82, 2.24) is 10.2 Å². The van der Waals surface area contributed by atoms with Gasteiger partial charge >= 0.3 is 0 Å². The third-order valence-corrected chi connectivity index (χ3v) is 2.80. The van der Waals surface area contributed by atoms with Crippen LogP contribution in [0.5, 0.6) is 0 Å². The molecule has 1 N–H and O–H groups in total. The van der Waals surface area contributed by atoms with Crippen LogP contribution in [0.2, 0.25) is 0 Å². The van der Waals surface area contributed by atoms with Crippen molar-refractivity contribution in [1.29, 1.82) is 0 Å². The molecule has 0 bridgehead atoms. The maximum atomic E-state index is 3.75. The predicted molar refractivity (Wildman–Crippen MR) is 69.4 cm³/mol. The average Bonchev–Trinajstić information content (AvgIpc) is 2.15. The van der Waals surface area contributed by atoms with Gasteiger partial charge in [-0.15, -0.1) is 0 Å². The van der Waals surface area contributed by atoms with Crippen molar-refractivity contribution in [2.75, 3.05) is 20.6 Å². The summed E-state index contributed by atoms with van der Waals surface area (Å²) in [6.45, 7) is 8.03. The van der Waals surface area contributed by atoms with Crippen molar-refractivity contribution >= 4 is 0 Å². The van der Waals surface area contributed by atoms with Crippen LogP contribution in [0.4, 0.5) is 0 Å². The fourth-order valence-corrected chi connectivity index (χ4v) is 1.95. The molecule has 0 aromatic carbocycles. The molecule has 15 heavy (non-hydrogen) atoms. The van der Waals surface area contributed by atoms with Crippen LogP contribution in [0.25, 0.3) is 0 Å². The maximum absolute atomic E-state index is 3.75. The van der Waals surface area contributed by atoms with Gasteiger partial charge in [0.15, 0.2) is 0 Å². The highest BCUT2D eigenvalue weighted by atomic mass is 15.1. The van der Waals surface area contributed by atoms with Crippen LogP contribution in [0.15, 0.2) is 0 Å². The predicted octanol–water partition coefficient (Wildman–Crippen LogP) is 2.89. The number of nitrogens with one attached hydrogen (secondary N) is 1. The first-order valence-corrected chi connectivity index (χ1v) is 6.50. The monoisotopic (exact) mass is 214 g/mol. The van der Waals surface area contributed by atoms with E-state index < -0.39 is 0 Å². The summed E-state index contributed by atoms with van der Waals surface area (Å²) in [6, 6.07) is 1.38. The van der Waals surface area contributed by atoms with E-state index in [1.54, 1.807) is 0 Å². The van der Waals surface area contributed by atoms with Gasteiger partial charge in [0.25, 0.3) is 0 Å². The van der Waals surface area contributed by atoms with E-state index in [1.165, 1.54) is 38.6 Å². The zero-order valence-electron chi connectivity index (χ0n) is 11.3. The van der Waals surface area contributed by atoms with Gasteiger partial charge in [0, 0.05) is 12.1 Å². The Balaban J connectivity index is 3.72. The van der Waals surface area contributed by atoms with E-state index in [-0.39, 0.29) is 0 Å². The van der Waals surface area contributed by atoms with Gasteiger partial charge in [-0.1, -0.05) is 26.7 Å². The minimum atomic E-state index is 0.649. The first-order valence-electron chi connectivity index (χ1n) is 6.50. The van der Waals surface area contributed by atoms with Gasteiger partial charge in [0.1, 0.15) is 0 Å². The SMILES string of the molecule is CCCC(CCC)NC(C)CCN(C)C. The van der Waals surface area contributed by atoms with Crippen molar-refractivity contribution in [3.63, 3.8) is 0 Å². The quantitative estimate of drug-likeness (QED) is 0.635. The summed E-state index contributed by atoms with van der Waals surface area (Å²) in [5, 5.41) is 3.75. The van der Waals surface area contributed by atoms with Crippen molar-refractivity contribution < 1.29 is 0 Å². The van der Waals surface area contributed by atoms with E-state index in [0.717, 1.165) is 6.04 Å². The van der Waals surface area contributed by atoms with Gasteiger partial charge in [-0.2, -0.15) is 0 Å². The lowest BCUT2D eigenvalue weighted by Crippen LogP contribution is -2.38. The Morgan fingerprint density at radius 2 is 1.53 bits per heavy atom. The molecule has 0 aromatic heterocycles. The lowest BCUT2D eigenvalue weighted by atomic mass is 10.0. The minimum absolute atomic E-state index is 0.649. The van der Waals surface area contributed by atoms with Crippen LogP contribution in [-0.2, 0) is 0 Å². The fraction of sp³-hybridized carbons (Fsp3) is 1.00. The molecule has 0 saturated carbocycles. The minimum Gasteiger partial charge on any atom is -0.311 e. The normalized spacial score (nSPS) is 13.8. The Kier molecular flexibility index (Phi) is 9.12. The van der Waals surface area contributed by atoms with Crippen LogP contribution < -0.4 is 5.32 Å². The van der Waals surface area contributed by atoms with Crippen molar-refractivity contribution in [2.45, 2.75) is 65.0 Å². The number of nitrogens with zero attached hydrogens (tertiary/aromatic N) is 1. The Bertz CT molecular complexity index is 128. The molecule has 0 spiro atoms. The molecule has 0 aromatic rings. The van der Waals surface area contributed by atoms with E-state index in [0.29, 0.717) is 6.04 Å². The molecular formula is C13H30N2. The van der Waals surface area contributed by atoms with Gasteiger partial charge in [-0.25, -0.2) is 0 Å². The standard InChI is InChI=1S/C13H30N2/c1-6-8-13(9-7-2)14-12(3)10-11-15(4)5/h12-14H,6-11H2,1-5H3. The molecule has 0 radical (unpaired) electrons. The number of hydrogen-bond donors (Lipinski definition) is 1. The molecule has 0 saturated heterocycles. The molecule has 0 aliphatic carbocycles. The molecule has 1 unspecified atom stereocenters. The second kappa shape index (κ2) is 9.17. The molecule has 0 aliphatic rings. The van der Waals surface area contributed by atoms with Gasteiger partial charge < -0.3 is 10.2 Å². The average molecular weight is 214 g/mol. The Labute approximate surface area is 96.4 Å². The van der Waals surface area contributed by atoms with Gasteiger partial charge in [-0.3, -0.25) is 0 Å². The molecule has 0 heterocycles. The fourth-order valence-electron chi connectivity index (χ4n) is 1.95. The summed E-state index contributed by atoms with van der Waals surface area (Å²) in [5.41, 5.74) is 0. The smallest absolute Gasteiger partial charge is 0.00693 e. The highest BCUT2D eigenvalue weighted by molar-refractivity contribution is 4.71. The lowest BCUT2D eigenvalue weighted by molar-refractivity contribution is 0.334. The van der Waals surface area contributed by atoms with Gasteiger partial charge in [-0.05, 0) is 46.8 Å². The number of rotatable bonds is 9. The maximum Gasteiger partial charge on any atom is 0.00693 e. The largest absolute Gasteiger partial charge is 0.311 e. The molecule has 2 heteroatoms.